The fourth-order valence-corrected chi connectivity index (χ4v) is 5.07. The molecule has 35 heavy (non-hydrogen) atoms. The van der Waals surface area contributed by atoms with E-state index in [1.54, 1.807) is 0 Å². The average Bonchev–Trinajstić information content (AvgIpc) is 3.16. The second kappa shape index (κ2) is 12.8. The Labute approximate surface area is 211 Å². The molecule has 2 fully saturated rings. The van der Waals surface area contributed by atoms with Gasteiger partial charge in [0.15, 0.2) is 5.79 Å². The van der Waals surface area contributed by atoms with E-state index in [1.165, 1.54) is 5.56 Å². The van der Waals surface area contributed by atoms with Gasteiger partial charge in [-0.25, -0.2) is 0 Å². The molecule has 0 bridgehead atoms. The number of hydrogen-bond acceptors (Lipinski definition) is 6. The van der Waals surface area contributed by atoms with Crippen molar-refractivity contribution in [2.24, 2.45) is 11.3 Å². The topological polar surface area (TPSA) is 74.2 Å². The molecule has 0 saturated carbocycles. The summed E-state index contributed by atoms with van der Waals surface area (Å²) in [6.07, 6.45) is 4.63. The lowest BCUT2D eigenvalue weighted by Gasteiger charge is -2.40. The number of aliphatic hydroxyl groups is 1. The third-order valence-corrected chi connectivity index (χ3v) is 7.32. The Kier molecular flexibility index (Phi) is 10.3. The zero-order valence-electron chi connectivity index (χ0n) is 22.3. The van der Waals surface area contributed by atoms with Crippen molar-refractivity contribution in [3.63, 3.8) is 0 Å². The van der Waals surface area contributed by atoms with Crippen LogP contribution in [-0.2, 0) is 30.3 Å². The minimum atomic E-state index is -0.670. The molecule has 2 aliphatic heterocycles. The Hall–Kier alpha value is -1.31. The van der Waals surface area contributed by atoms with Crippen molar-refractivity contribution in [3.05, 3.63) is 35.9 Å². The molecule has 5 atom stereocenters. The average molecular weight is 491 g/mol. The second-order valence-corrected chi connectivity index (χ2v) is 11.6. The van der Waals surface area contributed by atoms with Crippen LogP contribution < -0.4 is 0 Å². The molecule has 0 unspecified atom stereocenters. The van der Waals surface area contributed by atoms with Crippen molar-refractivity contribution >= 4 is 5.78 Å². The maximum atomic E-state index is 12.7. The number of ketones is 1. The molecule has 0 amide bonds. The van der Waals surface area contributed by atoms with Crippen molar-refractivity contribution < 1.29 is 28.8 Å². The third-order valence-electron chi connectivity index (χ3n) is 7.32. The van der Waals surface area contributed by atoms with E-state index >= 15 is 0 Å². The smallest absolute Gasteiger partial charge is 0.163 e. The van der Waals surface area contributed by atoms with Gasteiger partial charge in [-0.2, -0.15) is 0 Å². The van der Waals surface area contributed by atoms with Gasteiger partial charge in [-0.15, -0.1) is 0 Å². The Morgan fingerprint density at radius 3 is 2.63 bits per heavy atom. The van der Waals surface area contributed by atoms with Gasteiger partial charge < -0.3 is 24.1 Å². The van der Waals surface area contributed by atoms with E-state index < -0.39 is 11.9 Å². The van der Waals surface area contributed by atoms with Crippen LogP contribution in [0.15, 0.2) is 30.3 Å². The molecule has 2 saturated heterocycles. The molecule has 3 rings (SSSR count). The predicted molar refractivity (Wildman–Crippen MR) is 136 cm³/mol. The van der Waals surface area contributed by atoms with Crippen molar-refractivity contribution in [3.8, 4) is 0 Å². The molecule has 1 aromatic carbocycles. The molecule has 0 spiro atoms. The second-order valence-electron chi connectivity index (χ2n) is 11.6. The van der Waals surface area contributed by atoms with Gasteiger partial charge in [0.2, 0.25) is 0 Å². The summed E-state index contributed by atoms with van der Waals surface area (Å²) < 4.78 is 23.9. The minimum Gasteiger partial charge on any atom is -0.393 e. The highest BCUT2D eigenvalue weighted by Gasteiger charge is 2.36. The largest absolute Gasteiger partial charge is 0.393 e. The minimum absolute atomic E-state index is 0.0217. The van der Waals surface area contributed by atoms with Crippen LogP contribution in [0.4, 0.5) is 0 Å². The molecule has 2 aliphatic rings. The van der Waals surface area contributed by atoms with Gasteiger partial charge in [0.05, 0.1) is 44.2 Å². The van der Waals surface area contributed by atoms with Crippen LogP contribution in [0.25, 0.3) is 0 Å². The molecule has 1 N–H and O–H groups in total. The number of aliphatic hydroxyl groups excluding tert-OH is 1. The van der Waals surface area contributed by atoms with Gasteiger partial charge in [-0.05, 0) is 57.9 Å². The fourth-order valence-electron chi connectivity index (χ4n) is 5.07. The number of Topliss-reactive ketones (excluding diaryl/α,β-unsaturated/α-hetero) is 1. The molecule has 6 nitrogen and oxygen atoms in total. The Balaban J connectivity index is 1.37. The van der Waals surface area contributed by atoms with E-state index in [0.29, 0.717) is 26.2 Å². The van der Waals surface area contributed by atoms with Gasteiger partial charge in [-0.1, -0.05) is 51.1 Å². The zero-order valence-corrected chi connectivity index (χ0v) is 22.3. The summed E-state index contributed by atoms with van der Waals surface area (Å²) in [5.74, 6) is -0.524. The lowest BCUT2D eigenvalue weighted by atomic mass is 9.82. The highest BCUT2D eigenvalue weighted by atomic mass is 16.7. The molecule has 198 valence electrons. The zero-order chi connectivity index (χ0) is 25.5. The fraction of sp³-hybridized carbons (Fsp3) is 0.759. The summed E-state index contributed by atoms with van der Waals surface area (Å²) in [7, 11) is 0. The monoisotopic (exact) mass is 490 g/mol. The van der Waals surface area contributed by atoms with Gasteiger partial charge in [-0.3, -0.25) is 4.79 Å². The summed E-state index contributed by atoms with van der Waals surface area (Å²) in [4.78, 5) is 12.7. The van der Waals surface area contributed by atoms with Crippen molar-refractivity contribution in [2.45, 2.75) is 116 Å². The normalized spacial score (nSPS) is 26.4. The lowest BCUT2D eigenvalue weighted by Crippen LogP contribution is -2.42. The highest BCUT2D eigenvalue weighted by Crippen LogP contribution is 2.35. The van der Waals surface area contributed by atoms with Crippen LogP contribution in [0.3, 0.4) is 0 Å². The summed E-state index contributed by atoms with van der Waals surface area (Å²) >= 11 is 0. The summed E-state index contributed by atoms with van der Waals surface area (Å²) in [5, 5.41) is 10.7. The first-order valence-corrected chi connectivity index (χ1v) is 13.3. The van der Waals surface area contributed by atoms with E-state index in [0.717, 1.165) is 32.1 Å². The lowest BCUT2D eigenvalue weighted by molar-refractivity contribution is -0.139. The first-order valence-electron chi connectivity index (χ1n) is 13.3. The Morgan fingerprint density at radius 2 is 1.94 bits per heavy atom. The SMILES string of the molecule is C[C@@H](CC[C@@H]1COC(C)(C)O1)C(=O)C[C@@H](O)C[C@@H]1CCC[C@H](C(C)(C)COCc2ccccc2)O1. The van der Waals surface area contributed by atoms with Crippen LogP contribution in [0.2, 0.25) is 0 Å². The third kappa shape index (κ3) is 9.25. The van der Waals surface area contributed by atoms with E-state index in [1.807, 2.05) is 39.0 Å². The van der Waals surface area contributed by atoms with Crippen molar-refractivity contribution in [1.82, 2.24) is 0 Å². The van der Waals surface area contributed by atoms with Crippen LogP contribution in [-0.4, -0.2) is 54.3 Å². The first kappa shape index (κ1) is 28.3. The first-order chi connectivity index (χ1) is 16.5. The number of carbonyl (C=O) groups is 1. The molecular formula is C29H46O6. The predicted octanol–water partition coefficient (Wildman–Crippen LogP) is 5.45. The number of benzene rings is 1. The van der Waals surface area contributed by atoms with Crippen molar-refractivity contribution in [1.29, 1.82) is 0 Å². The summed E-state index contributed by atoms with van der Waals surface area (Å²) in [6.45, 7) is 11.9. The Morgan fingerprint density at radius 1 is 1.20 bits per heavy atom. The molecule has 0 aromatic heterocycles. The van der Waals surface area contributed by atoms with Crippen molar-refractivity contribution in [2.75, 3.05) is 13.2 Å². The van der Waals surface area contributed by atoms with Gasteiger partial charge in [0.1, 0.15) is 5.78 Å². The number of rotatable bonds is 13. The Bertz CT molecular complexity index is 777. The van der Waals surface area contributed by atoms with Crippen LogP contribution >= 0.6 is 0 Å². The molecule has 0 aliphatic carbocycles. The van der Waals surface area contributed by atoms with Crippen LogP contribution in [0.1, 0.15) is 85.1 Å². The van der Waals surface area contributed by atoms with Gasteiger partial charge in [0, 0.05) is 17.8 Å². The number of ether oxygens (including phenoxy) is 4. The van der Waals surface area contributed by atoms with E-state index in [2.05, 4.69) is 26.0 Å². The van der Waals surface area contributed by atoms with Crippen LogP contribution in [0, 0.1) is 11.3 Å². The van der Waals surface area contributed by atoms with E-state index in [9.17, 15) is 9.90 Å². The van der Waals surface area contributed by atoms with Gasteiger partial charge >= 0.3 is 0 Å². The molecule has 1 aromatic rings. The maximum absolute atomic E-state index is 12.7. The molecule has 0 radical (unpaired) electrons. The van der Waals surface area contributed by atoms with Gasteiger partial charge in [0.25, 0.3) is 0 Å². The standard InChI is InChI=1S/C29H46O6/c1-21(14-15-25-19-33-29(4,5)35-25)26(31)17-23(30)16-24-12-9-13-27(34-24)28(2,3)20-32-18-22-10-7-6-8-11-22/h6-8,10-11,21,23-25,27,30H,9,12-20H2,1-5H3/t21-,23-,24-,25+,27+/m0/s1. The van der Waals surface area contributed by atoms with E-state index in [-0.39, 0.29) is 41.8 Å². The molecular weight excluding hydrogens is 444 g/mol. The maximum Gasteiger partial charge on any atom is 0.163 e. The van der Waals surface area contributed by atoms with Crippen LogP contribution in [0.5, 0.6) is 0 Å². The summed E-state index contributed by atoms with van der Waals surface area (Å²) in [5.41, 5.74) is 1.05. The molecule has 2 heterocycles. The van der Waals surface area contributed by atoms with E-state index in [4.69, 9.17) is 18.9 Å². The highest BCUT2D eigenvalue weighted by molar-refractivity contribution is 5.81. The number of carbonyl (C=O) groups excluding carboxylic acids is 1. The quantitative estimate of drug-likeness (QED) is 0.397. The molecule has 6 heteroatoms. The number of hydrogen-bond donors (Lipinski definition) is 1. The summed E-state index contributed by atoms with van der Waals surface area (Å²) in [6, 6.07) is 10.2.